The molecule has 2 unspecified atom stereocenters. The van der Waals surface area contributed by atoms with E-state index in [0.29, 0.717) is 37.3 Å². The minimum absolute atomic E-state index is 0.0212. The van der Waals surface area contributed by atoms with E-state index in [1.807, 2.05) is 60.7 Å². The molecule has 1 aliphatic rings. The molecular weight excluding hydrogens is 598 g/mol. The highest BCUT2D eigenvalue weighted by molar-refractivity contribution is 5.70. The molecule has 1 fully saturated rings. The standard InChI is InChI=1S/C37H49N3O7/c1-8-19-44-28-16-12-15-27(20-28)21-30(38-33(42)46-36(5,6)7)31(41)24-40(34(43)45-25-26-13-10-9-11-14-26)37(17-18-37)32-22-29(47-39-32)23-35(2,3)4/h8-16,20,22,30-31,41H,1,17-19,21,23-25H2,2-7H3,(H,38,42). The molecule has 0 spiro atoms. The van der Waals surface area contributed by atoms with E-state index < -0.39 is 35.5 Å². The van der Waals surface area contributed by atoms with Crippen molar-refractivity contribution in [2.24, 2.45) is 5.41 Å². The predicted molar refractivity (Wildman–Crippen MR) is 179 cm³/mol. The number of benzene rings is 2. The van der Waals surface area contributed by atoms with E-state index in [4.69, 9.17) is 18.7 Å². The molecule has 1 saturated carbocycles. The number of alkyl carbamates (subject to hydrolysis) is 1. The lowest BCUT2D eigenvalue weighted by Gasteiger charge is -2.34. The molecule has 254 valence electrons. The molecule has 1 heterocycles. The van der Waals surface area contributed by atoms with Crippen LogP contribution in [-0.4, -0.2) is 58.2 Å². The number of nitrogens with one attached hydrogen (secondary N) is 1. The van der Waals surface area contributed by atoms with E-state index in [9.17, 15) is 14.7 Å². The van der Waals surface area contributed by atoms with E-state index in [2.05, 4.69) is 37.8 Å². The van der Waals surface area contributed by atoms with E-state index in [1.54, 1.807) is 26.8 Å². The molecule has 10 nitrogen and oxygen atoms in total. The number of aromatic nitrogens is 1. The molecule has 1 aromatic heterocycles. The van der Waals surface area contributed by atoms with Crippen LogP contribution in [0.4, 0.5) is 9.59 Å². The Morgan fingerprint density at radius 1 is 1.06 bits per heavy atom. The predicted octanol–water partition coefficient (Wildman–Crippen LogP) is 6.95. The van der Waals surface area contributed by atoms with Gasteiger partial charge in [0.15, 0.2) is 0 Å². The number of hydrogen-bond donors (Lipinski definition) is 2. The van der Waals surface area contributed by atoms with Crippen molar-refractivity contribution in [2.75, 3.05) is 13.2 Å². The van der Waals surface area contributed by atoms with Crippen LogP contribution in [0.25, 0.3) is 0 Å². The van der Waals surface area contributed by atoms with Crippen molar-refractivity contribution in [3.8, 4) is 5.75 Å². The van der Waals surface area contributed by atoms with Gasteiger partial charge in [0.1, 0.15) is 36.0 Å². The molecule has 47 heavy (non-hydrogen) atoms. The van der Waals surface area contributed by atoms with Crippen LogP contribution < -0.4 is 10.1 Å². The normalized spacial score (nSPS) is 15.2. The van der Waals surface area contributed by atoms with E-state index in [1.165, 1.54) is 4.90 Å². The minimum Gasteiger partial charge on any atom is -0.490 e. The first-order chi connectivity index (χ1) is 22.2. The molecule has 10 heteroatoms. The Morgan fingerprint density at radius 2 is 1.77 bits per heavy atom. The van der Waals surface area contributed by atoms with Gasteiger partial charge in [0, 0.05) is 12.5 Å². The highest BCUT2D eigenvalue weighted by atomic mass is 16.6. The summed E-state index contributed by atoms with van der Waals surface area (Å²) < 4.78 is 22.8. The van der Waals surface area contributed by atoms with Crippen molar-refractivity contribution < 1.29 is 33.4 Å². The quantitative estimate of drug-likeness (QED) is 0.180. The van der Waals surface area contributed by atoms with Crippen molar-refractivity contribution in [2.45, 2.75) is 97.1 Å². The third-order valence-electron chi connectivity index (χ3n) is 7.66. The summed E-state index contributed by atoms with van der Waals surface area (Å²) >= 11 is 0. The summed E-state index contributed by atoms with van der Waals surface area (Å²) in [6.45, 7) is 15.6. The van der Waals surface area contributed by atoms with Gasteiger partial charge in [-0.05, 0) is 68.7 Å². The van der Waals surface area contributed by atoms with Crippen LogP contribution in [0.5, 0.6) is 5.75 Å². The summed E-state index contributed by atoms with van der Waals surface area (Å²) in [4.78, 5) is 28.4. The molecule has 2 aromatic carbocycles. The van der Waals surface area contributed by atoms with Gasteiger partial charge in [0.25, 0.3) is 0 Å². The number of aliphatic hydroxyl groups excluding tert-OH is 1. The monoisotopic (exact) mass is 647 g/mol. The molecule has 3 aromatic rings. The van der Waals surface area contributed by atoms with Gasteiger partial charge < -0.3 is 29.2 Å². The molecule has 0 bridgehead atoms. The van der Waals surface area contributed by atoms with Gasteiger partial charge in [-0.25, -0.2) is 9.59 Å². The van der Waals surface area contributed by atoms with Crippen LogP contribution in [0, 0.1) is 5.41 Å². The molecule has 2 amide bonds. The smallest absolute Gasteiger partial charge is 0.410 e. The zero-order chi connectivity index (χ0) is 34.2. The third kappa shape index (κ3) is 10.6. The maximum absolute atomic E-state index is 13.9. The number of ether oxygens (including phenoxy) is 3. The average molecular weight is 648 g/mol. The molecule has 2 N–H and O–H groups in total. The van der Waals surface area contributed by atoms with Crippen molar-refractivity contribution in [3.05, 3.63) is 95.9 Å². The van der Waals surface area contributed by atoms with Crippen molar-refractivity contribution in [1.29, 1.82) is 0 Å². The molecule has 2 atom stereocenters. The Kier molecular flexibility index (Phi) is 11.4. The number of carbonyl (C=O) groups is 2. The second kappa shape index (κ2) is 15.1. The second-order valence-corrected chi connectivity index (χ2v) is 14.4. The van der Waals surface area contributed by atoms with Crippen molar-refractivity contribution in [3.63, 3.8) is 0 Å². The largest absolute Gasteiger partial charge is 0.490 e. The summed E-state index contributed by atoms with van der Waals surface area (Å²) in [7, 11) is 0. The Balaban J connectivity index is 1.62. The Bertz CT molecular complexity index is 1490. The van der Waals surface area contributed by atoms with Crippen LogP contribution in [0.1, 0.15) is 77.0 Å². The van der Waals surface area contributed by atoms with Crippen LogP contribution in [0.3, 0.4) is 0 Å². The number of amides is 2. The van der Waals surface area contributed by atoms with Crippen molar-refractivity contribution in [1.82, 2.24) is 15.4 Å². The van der Waals surface area contributed by atoms with Gasteiger partial charge in [-0.2, -0.15) is 0 Å². The summed E-state index contributed by atoms with van der Waals surface area (Å²) in [5.74, 6) is 1.35. The summed E-state index contributed by atoms with van der Waals surface area (Å²) in [6.07, 6.45) is 1.33. The first-order valence-electron chi connectivity index (χ1n) is 16.1. The molecule has 4 rings (SSSR count). The zero-order valence-electron chi connectivity index (χ0n) is 28.5. The number of rotatable bonds is 14. The lowest BCUT2D eigenvalue weighted by Crippen LogP contribution is -2.53. The Labute approximate surface area is 278 Å². The summed E-state index contributed by atoms with van der Waals surface area (Å²) in [5.41, 5.74) is 0.679. The van der Waals surface area contributed by atoms with Crippen molar-refractivity contribution >= 4 is 12.2 Å². The first kappa shape index (κ1) is 35.5. The second-order valence-electron chi connectivity index (χ2n) is 14.4. The maximum Gasteiger partial charge on any atom is 0.410 e. The number of nitrogens with zero attached hydrogens (tertiary/aromatic N) is 2. The van der Waals surface area contributed by atoms with Gasteiger partial charge in [-0.15, -0.1) is 0 Å². The van der Waals surface area contributed by atoms with Crippen LogP contribution >= 0.6 is 0 Å². The van der Waals surface area contributed by atoms with Gasteiger partial charge in [-0.1, -0.05) is 81.0 Å². The van der Waals surface area contributed by atoms with E-state index in [0.717, 1.165) is 16.9 Å². The molecule has 1 aliphatic carbocycles. The van der Waals surface area contributed by atoms with E-state index >= 15 is 0 Å². The van der Waals surface area contributed by atoms with E-state index in [-0.39, 0.29) is 25.0 Å². The minimum atomic E-state index is -1.21. The van der Waals surface area contributed by atoms with Crippen LogP contribution in [0.15, 0.2) is 77.8 Å². The highest BCUT2D eigenvalue weighted by Crippen LogP contribution is 2.51. The maximum atomic E-state index is 13.9. The summed E-state index contributed by atoms with van der Waals surface area (Å²) in [5, 5.41) is 19.0. The van der Waals surface area contributed by atoms with Gasteiger partial charge in [0.2, 0.25) is 0 Å². The molecule has 0 saturated heterocycles. The number of aliphatic hydroxyl groups is 1. The molecule has 0 aliphatic heterocycles. The van der Waals surface area contributed by atoms with Gasteiger partial charge >= 0.3 is 12.2 Å². The lowest BCUT2D eigenvalue weighted by atomic mass is 9.91. The molecular formula is C37H49N3O7. The Hall–Kier alpha value is -4.31. The Morgan fingerprint density at radius 3 is 2.40 bits per heavy atom. The van der Waals surface area contributed by atoms with Crippen LogP contribution in [0.2, 0.25) is 0 Å². The van der Waals surface area contributed by atoms with Gasteiger partial charge in [0.05, 0.1) is 24.2 Å². The SMILES string of the molecule is C=CCOc1cccc(CC(NC(=O)OC(C)(C)C)C(O)CN(C(=O)OCc2ccccc2)C2(c3cc(CC(C)(C)C)on3)CC2)c1. The fourth-order valence-corrected chi connectivity index (χ4v) is 5.37. The first-order valence-corrected chi connectivity index (χ1v) is 16.1. The summed E-state index contributed by atoms with van der Waals surface area (Å²) in [6, 6.07) is 17.9. The third-order valence-corrected chi connectivity index (χ3v) is 7.66. The zero-order valence-corrected chi connectivity index (χ0v) is 28.5. The highest BCUT2D eigenvalue weighted by Gasteiger charge is 2.55. The van der Waals surface area contributed by atoms with Gasteiger partial charge in [-0.3, -0.25) is 4.90 Å². The topological polar surface area (TPSA) is 123 Å². The number of hydrogen-bond acceptors (Lipinski definition) is 8. The fourth-order valence-electron chi connectivity index (χ4n) is 5.37. The van der Waals surface area contributed by atoms with Crippen LogP contribution in [-0.2, 0) is 34.5 Å². The lowest BCUT2D eigenvalue weighted by molar-refractivity contribution is 0.0222. The molecule has 0 radical (unpaired) electrons. The fraction of sp³-hybridized carbons (Fsp3) is 0.486. The average Bonchev–Trinajstić information content (AvgIpc) is 3.67. The number of carbonyl (C=O) groups excluding carboxylic acids is 2.